The number of rotatable bonds is 1. The normalized spacial score (nSPS) is 33.0. The van der Waals surface area contributed by atoms with Crippen molar-refractivity contribution in [3.63, 3.8) is 0 Å². The molecule has 1 saturated heterocycles. The molecule has 1 unspecified atom stereocenters. The van der Waals surface area contributed by atoms with Crippen LogP contribution in [0.2, 0.25) is 0 Å². The second kappa shape index (κ2) is 3.28. The number of hydrogen-bond donors (Lipinski definition) is 1. The molecule has 1 aliphatic carbocycles. The van der Waals surface area contributed by atoms with Crippen molar-refractivity contribution in [3.8, 4) is 0 Å². The van der Waals surface area contributed by atoms with Gasteiger partial charge in [0.1, 0.15) is 0 Å². The topological polar surface area (TPSA) is 12.0 Å². The van der Waals surface area contributed by atoms with Gasteiger partial charge in [0.05, 0.1) is 6.67 Å². The Morgan fingerprint density at radius 3 is 2.55 bits per heavy atom. The molecule has 0 amide bonds. The van der Waals surface area contributed by atoms with Crippen LogP contribution in [0.3, 0.4) is 0 Å². The summed E-state index contributed by atoms with van der Waals surface area (Å²) in [6, 6.07) is 0. The van der Waals surface area contributed by atoms with Crippen LogP contribution in [0.25, 0.3) is 0 Å². The van der Waals surface area contributed by atoms with Gasteiger partial charge in [0, 0.05) is 19.0 Å². The molecule has 11 heavy (non-hydrogen) atoms. The van der Waals surface area contributed by atoms with Crippen molar-refractivity contribution in [3.05, 3.63) is 0 Å². The zero-order valence-corrected chi connectivity index (χ0v) is 7.42. The van der Waals surface area contributed by atoms with Gasteiger partial charge in [0.15, 0.2) is 0 Å². The molecule has 1 spiro atoms. The summed E-state index contributed by atoms with van der Waals surface area (Å²) in [5.41, 5.74) is 0.398. The SMILES string of the molecule is Cl.FCC1CNCC12CCC2. The van der Waals surface area contributed by atoms with Crippen molar-refractivity contribution in [1.82, 2.24) is 5.32 Å². The van der Waals surface area contributed by atoms with Crippen molar-refractivity contribution in [2.24, 2.45) is 11.3 Å². The predicted octanol–water partition coefficient (Wildman–Crippen LogP) is 1.77. The third kappa shape index (κ3) is 1.27. The molecule has 1 nitrogen and oxygen atoms in total. The van der Waals surface area contributed by atoms with E-state index in [0.717, 1.165) is 13.1 Å². The van der Waals surface area contributed by atoms with E-state index in [2.05, 4.69) is 5.32 Å². The Morgan fingerprint density at radius 1 is 1.45 bits per heavy atom. The summed E-state index contributed by atoms with van der Waals surface area (Å²) in [7, 11) is 0. The van der Waals surface area contributed by atoms with E-state index < -0.39 is 0 Å². The second-order valence-corrected chi connectivity index (χ2v) is 3.70. The first-order valence-electron chi connectivity index (χ1n) is 4.14. The smallest absolute Gasteiger partial charge is 0.0940 e. The van der Waals surface area contributed by atoms with E-state index in [1.165, 1.54) is 19.3 Å². The van der Waals surface area contributed by atoms with Crippen LogP contribution in [-0.4, -0.2) is 19.8 Å². The standard InChI is InChI=1S/C8H14FN.ClH/c9-4-7-5-10-6-8(7)2-1-3-8;/h7,10H,1-6H2;1H. The van der Waals surface area contributed by atoms with Crippen molar-refractivity contribution in [1.29, 1.82) is 0 Å². The lowest BCUT2D eigenvalue weighted by molar-refractivity contribution is 0.0811. The maximum atomic E-state index is 12.4. The number of halogens is 2. The number of hydrogen-bond acceptors (Lipinski definition) is 1. The highest BCUT2D eigenvalue weighted by Crippen LogP contribution is 2.49. The summed E-state index contributed by atoms with van der Waals surface area (Å²) in [4.78, 5) is 0. The molecular formula is C8H15ClFN. The predicted molar refractivity (Wildman–Crippen MR) is 45.9 cm³/mol. The van der Waals surface area contributed by atoms with Gasteiger partial charge in [-0.25, -0.2) is 0 Å². The van der Waals surface area contributed by atoms with Crippen LogP contribution in [0.5, 0.6) is 0 Å². The van der Waals surface area contributed by atoms with Gasteiger partial charge in [-0.1, -0.05) is 6.42 Å². The van der Waals surface area contributed by atoms with Crippen LogP contribution in [0.1, 0.15) is 19.3 Å². The van der Waals surface area contributed by atoms with Gasteiger partial charge in [0.25, 0.3) is 0 Å². The summed E-state index contributed by atoms with van der Waals surface area (Å²) in [5, 5.41) is 3.28. The first-order chi connectivity index (χ1) is 4.87. The zero-order chi connectivity index (χ0) is 7.03. The second-order valence-electron chi connectivity index (χ2n) is 3.70. The molecule has 2 aliphatic rings. The summed E-state index contributed by atoms with van der Waals surface area (Å²) < 4.78 is 12.4. The fourth-order valence-corrected chi connectivity index (χ4v) is 2.29. The number of alkyl halides is 1. The van der Waals surface area contributed by atoms with Gasteiger partial charge in [-0.3, -0.25) is 4.39 Å². The molecule has 2 rings (SSSR count). The Labute approximate surface area is 73.2 Å². The summed E-state index contributed by atoms with van der Waals surface area (Å²) in [6.45, 7) is 1.87. The van der Waals surface area contributed by atoms with Crippen LogP contribution in [0, 0.1) is 11.3 Å². The van der Waals surface area contributed by atoms with E-state index in [1.807, 2.05) is 0 Å². The van der Waals surface area contributed by atoms with Gasteiger partial charge in [-0.05, 0) is 18.3 Å². The Bertz CT molecular complexity index is 136. The first-order valence-corrected chi connectivity index (χ1v) is 4.14. The molecule has 0 aromatic carbocycles. The van der Waals surface area contributed by atoms with E-state index in [4.69, 9.17) is 0 Å². The molecule has 0 radical (unpaired) electrons. The lowest BCUT2D eigenvalue weighted by atomic mass is 9.63. The van der Waals surface area contributed by atoms with Crippen molar-refractivity contribution in [2.45, 2.75) is 19.3 Å². The van der Waals surface area contributed by atoms with E-state index in [9.17, 15) is 4.39 Å². The fourth-order valence-electron chi connectivity index (χ4n) is 2.29. The van der Waals surface area contributed by atoms with Crippen molar-refractivity contribution in [2.75, 3.05) is 19.8 Å². The highest BCUT2D eigenvalue weighted by molar-refractivity contribution is 5.85. The molecule has 66 valence electrons. The molecule has 1 saturated carbocycles. The van der Waals surface area contributed by atoms with E-state index >= 15 is 0 Å². The fraction of sp³-hybridized carbons (Fsp3) is 1.00. The monoisotopic (exact) mass is 179 g/mol. The lowest BCUT2D eigenvalue weighted by Crippen LogP contribution is -2.37. The van der Waals surface area contributed by atoms with Crippen LogP contribution in [0.4, 0.5) is 4.39 Å². The van der Waals surface area contributed by atoms with Gasteiger partial charge >= 0.3 is 0 Å². The average Bonchev–Trinajstić information content (AvgIpc) is 2.27. The van der Waals surface area contributed by atoms with Gasteiger partial charge < -0.3 is 5.32 Å². The largest absolute Gasteiger partial charge is 0.316 e. The third-order valence-corrected chi connectivity index (χ3v) is 3.27. The number of nitrogens with one attached hydrogen (secondary N) is 1. The van der Waals surface area contributed by atoms with E-state index in [0.29, 0.717) is 11.3 Å². The first kappa shape index (κ1) is 9.27. The molecule has 0 bridgehead atoms. The van der Waals surface area contributed by atoms with E-state index in [1.54, 1.807) is 0 Å². The maximum Gasteiger partial charge on any atom is 0.0940 e. The van der Waals surface area contributed by atoms with Crippen molar-refractivity contribution < 1.29 is 4.39 Å². The Morgan fingerprint density at radius 2 is 2.18 bits per heavy atom. The highest BCUT2D eigenvalue weighted by Gasteiger charge is 2.46. The Balaban J connectivity index is 0.000000605. The minimum atomic E-state index is -0.118. The maximum absolute atomic E-state index is 12.4. The highest BCUT2D eigenvalue weighted by atomic mass is 35.5. The molecule has 0 aromatic rings. The molecule has 2 fully saturated rings. The molecule has 1 heterocycles. The van der Waals surface area contributed by atoms with Gasteiger partial charge in [0.2, 0.25) is 0 Å². The Hall–Kier alpha value is 0.180. The quantitative estimate of drug-likeness (QED) is 0.647. The van der Waals surface area contributed by atoms with Gasteiger partial charge in [-0.15, -0.1) is 12.4 Å². The molecule has 3 heteroatoms. The molecule has 1 atom stereocenters. The van der Waals surface area contributed by atoms with Crippen LogP contribution in [0.15, 0.2) is 0 Å². The minimum Gasteiger partial charge on any atom is -0.316 e. The molecule has 0 aromatic heterocycles. The van der Waals surface area contributed by atoms with Crippen LogP contribution in [-0.2, 0) is 0 Å². The summed E-state index contributed by atoms with van der Waals surface area (Å²) >= 11 is 0. The Kier molecular flexibility index (Phi) is 2.76. The minimum absolute atomic E-state index is 0. The molecule has 1 N–H and O–H groups in total. The molecular weight excluding hydrogens is 165 g/mol. The van der Waals surface area contributed by atoms with Crippen molar-refractivity contribution >= 4 is 12.4 Å². The van der Waals surface area contributed by atoms with Gasteiger partial charge in [-0.2, -0.15) is 0 Å². The third-order valence-electron chi connectivity index (χ3n) is 3.27. The lowest BCUT2D eigenvalue weighted by Gasteiger charge is -2.41. The van der Waals surface area contributed by atoms with Crippen LogP contribution >= 0.6 is 12.4 Å². The summed E-state index contributed by atoms with van der Waals surface area (Å²) in [5.74, 6) is 0.334. The van der Waals surface area contributed by atoms with E-state index in [-0.39, 0.29) is 19.1 Å². The summed E-state index contributed by atoms with van der Waals surface area (Å²) in [6.07, 6.45) is 3.83. The molecule has 1 aliphatic heterocycles. The van der Waals surface area contributed by atoms with Crippen LogP contribution < -0.4 is 5.32 Å². The zero-order valence-electron chi connectivity index (χ0n) is 6.61. The average molecular weight is 180 g/mol.